The Balaban J connectivity index is 2.93. The summed E-state index contributed by atoms with van der Waals surface area (Å²) in [5.41, 5.74) is 5.54. The van der Waals surface area contributed by atoms with Gasteiger partial charge in [0.2, 0.25) is 0 Å². The molecule has 0 spiro atoms. The van der Waals surface area contributed by atoms with Crippen molar-refractivity contribution in [2.45, 2.75) is 46.5 Å². The van der Waals surface area contributed by atoms with Crippen LogP contribution in [0.15, 0.2) is 47.1 Å². The van der Waals surface area contributed by atoms with Gasteiger partial charge in [-0.05, 0) is 49.8 Å². The molecule has 82 valence electrons. The van der Waals surface area contributed by atoms with Gasteiger partial charge in [-0.15, -0.1) is 0 Å². The van der Waals surface area contributed by atoms with Crippen LogP contribution in [-0.2, 0) is 0 Å². The predicted octanol–water partition coefficient (Wildman–Crippen LogP) is 4.96. The molecular formula is C15H22. The minimum Gasteiger partial charge on any atom is -0.0952 e. The summed E-state index contributed by atoms with van der Waals surface area (Å²) in [6.45, 7) is 10.7. The van der Waals surface area contributed by atoms with E-state index in [-0.39, 0.29) is 0 Å². The first-order chi connectivity index (χ1) is 7.20. The quantitative estimate of drug-likeness (QED) is 0.565. The van der Waals surface area contributed by atoms with E-state index in [1.807, 2.05) is 0 Å². The molecule has 0 nitrogen and oxygen atoms in total. The van der Waals surface area contributed by atoms with Gasteiger partial charge in [0, 0.05) is 0 Å². The second-order valence-electron chi connectivity index (χ2n) is 4.19. The Labute approximate surface area is 94.1 Å². The molecule has 0 aromatic carbocycles. The van der Waals surface area contributed by atoms with Gasteiger partial charge in [0.05, 0.1) is 0 Å². The van der Waals surface area contributed by atoms with Crippen molar-refractivity contribution in [1.82, 2.24) is 0 Å². The molecule has 0 N–H and O–H groups in total. The second-order valence-corrected chi connectivity index (χ2v) is 4.19. The van der Waals surface area contributed by atoms with E-state index < -0.39 is 0 Å². The Hall–Kier alpha value is -1.04. The summed E-state index contributed by atoms with van der Waals surface area (Å²) < 4.78 is 0. The van der Waals surface area contributed by atoms with E-state index in [9.17, 15) is 0 Å². The molecule has 0 aromatic heterocycles. The van der Waals surface area contributed by atoms with E-state index in [4.69, 9.17) is 0 Å². The summed E-state index contributed by atoms with van der Waals surface area (Å²) in [4.78, 5) is 0. The zero-order chi connectivity index (χ0) is 11.3. The predicted molar refractivity (Wildman–Crippen MR) is 68.9 cm³/mol. The molecule has 0 saturated heterocycles. The number of hydrogen-bond acceptors (Lipinski definition) is 0. The molecule has 0 saturated carbocycles. The maximum atomic E-state index is 4.19. The number of rotatable bonds is 4. The van der Waals surface area contributed by atoms with Crippen molar-refractivity contribution in [2.75, 3.05) is 0 Å². The molecule has 1 aliphatic rings. The van der Waals surface area contributed by atoms with Crippen molar-refractivity contribution >= 4 is 0 Å². The van der Waals surface area contributed by atoms with Crippen molar-refractivity contribution in [3.8, 4) is 0 Å². The third-order valence-corrected chi connectivity index (χ3v) is 2.94. The van der Waals surface area contributed by atoms with Gasteiger partial charge in [0.25, 0.3) is 0 Å². The van der Waals surface area contributed by atoms with Crippen LogP contribution < -0.4 is 0 Å². The summed E-state index contributed by atoms with van der Waals surface area (Å²) in [6, 6.07) is 0. The number of hydrogen-bond donors (Lipinski definition) is 0. The summed E-state index contributed by atoms with van der Waals surface area (Å²) in [5.74, 6) is 0. The highest BCUT2D eigenvalue weighted by Crippen LogP contribution is 2.29. The summed E-state index contributed by atoms with van der Waals surface area (Å²) in [6.07, 6.45) is 11.4. The number of allylic oxidation sites excluding steroid dienone is 7. The summed E-state index contributed by atoms with van der Waals surface area (Å²) in [7, 11) is 0. The van der Waals surface area contributed by atoms with Gasteiger partial charge in [-0.25, -0.2) is 0 Å². The molecular weight excluding hydrogens is 180 g/mol. The van der Waals surface area contributed by atoms with Gasteiger partial charge in [-0.2, -0.15) is 0 Å². The van der Waals surface area contributed by atoms with Crippen molar-refractivity contribution in [1.29, 1.82) is 0 Å². The van der Waals surface area contributed by atoms with Gasteiger partial charge < -0.3 is 0 Å². The van der Waals surface area contributed by atoms with E-state index in [0.29, 0.717) is 0 Å². The molecule has 0 amide bonds. The molecule has 0 unspecified atom stereocenters. The molecule has 1 aliphatic carbocycles. The Morgan fingerprint density at radius 2 is 2.27 bits per heavy atom. The highest BCUT2D eigenvalue weighted by atomic mass is 14.2. The summed E-state index contributed by atoms with van der Waals surface area (Å²) >= 11 is 0. The normalized spacial score (nSPS) is 17.1. The van der Waals surface area contributed by atoms with Crippen LogP contribution in [0.4, 0.5) is 0 Å². The summed E-state index contributed by atoms with van der Waals surface area (Å²) in [5, 5.41) is 0. The first-order valence-corrected chi connectivity index (χ1v) is 5.91. The topological polar surface area (TPSA) is 0 Å². The van der Waals surface area contributed by atoms with Crippen molar-refractivity contribution < 1.29 is 0 Å². The van der Waals surface area contributed by atoms with Crippen LogP contribution in [0.2, 0.25) is 0 Å². The van der Waals surface area contributed by atoms with E-state index in [1.165, 1.54) is 41.6 Å². The van der Waals surface area contributed by atoms with Crippen LogP contribution in [-0.4, -0.2) is 0 Å². The highest BCUT2D eigenvalue weighted by molar-refractivity contribution is 5.53. The van der Waals surface area contributed by atoms with Crippen LogP contribution in [0.3, 0.4) is 0 Å². The lowest BCUT2D eigenvalue weighted by Crippen LogP contribution is -1.98. The molecule has 0 aliphatic heterocycles. The molecule has 0 atom stereocenters. The molecule has 15 heavy (non-hydrogen) atoms. The van der Waals surface area contributed by atoms with Gasteiger partial charge in [-0.1, -0.05) is 43.7 Å². The van der Waals surface area contributed by atoms with Crippen molar-refractivity contribution in [3.05, 3.63) is 47.1 Å². The van der Waals surface area contributed by atoms with Crippen molar-refractivity contribution in [3.63, 3.8) is 0 Å². The van der Waals surface area contributed by atoms with E-state index >= 15 is 0 Å². The van der Waals surface area contributed by atoms with E-state index in [0.717, 1.165) is 6.42 Å². The van der Waals surface area contributed by atoms with E-state index in [2.05, 4.69) is 45.6 Å². The van der Waals surface area contributed by atoms with Gasteiger partial charge >= 0.3 is 0 Å². The Morgan fingerprint density at radius 1 is 1.53 bits per heavy atom. The second kappa shape index (κ2) is 5.75. The molecule has 0 heterocycles. The zero-order valence-electron chi connectivity index (χ0n) is 10.3. The van der Waals surface area contributed by atoms with Crippen molar-refractivity contribution in [2.24, 2.45) is 0 Å². The third-order valence-electron chi connectivity index (χ3n) is 2.94. The van der Waals surface area contributed by atoms with Gasteiger partial charge in [0.15, 0.2) is 0 Å². The third kappa shape index (κ3) is 2.95. The largest absolute Gasteiger partial charge is 0.0952 e. The average molecular weight is 202 g/mol. The minimum atomic E-state index is 1.10. The Morgan fingerprint density at radius 3 is 2.80 bits per heavy atom. The monoisotopic (exact) mass is 202 g/mol. The van der Waals surface area contributed by atoms with Crippen LogP contribution in [0, 0.1) is 0 Å². The van der Waals surface area contributed by atoms with Gasteiger partial charge in [-0.3, -0.25) is 0 Å². The van der Waals surface area contributed by atoms with Crippen LogP contribution in [0.25, 0.3) is 0 Å². The lowest BCUT2D eigenvalue weighted by Gasteiger charge is -2.17. The van der Waals surface area contributed by atoms with E-state index in [1.54, 1.807) is 0 Å². The first-order valence-electron chi connectivity index (χ1n) is 5.91. The Bertz CT molecular complexity index is 324. The molecule has 0 fully saturated rings. The maximum Gasteiger partial charge on any atom is -0.0199 e. The fourth-order valence-electron chi connectivity index (χ4n) is 2.08. The van der Waals surface area contributed by atoms with Gasteiger partial charge in [0.1, 0.15) is 0 Å². The lowest BCUT2D eigenvalue weighted by atomic mass is 9.88. The maximum absolute atomic E-state index is 4.19. The molecule has 0 aromatic rings. The molecule has 0 radical (unpaired) electrons. The first kappa shape index (κ1) is 12.0. The fraction of sp³-hybridized carbons (Fsp3) is 0.467. The lowest BCUT2D eigenvalue weighted by molar-refractivity contribution is 0.904. The highest BCUT2D eigenvalue weighted by Gasteiger charge is 2.10. The minimum absolute atomic E-state index is 1.10. The fourth-order valence-corrected chi connectivity index (χ4v) is 2.08. The van der Waals surface area contributed by atoms with Crippen LogP contribution >= 0.6 is 0 Å². The zero-order valence-corrected chi connectivity index (χ0v) is 10.3. The smallest absolute Gasteiger partial charge is 0.0199 e. The average Bonchev–Trinajstić information content (AvgIpc) is 2.22. The Kier molecular flexibility index (Phi) is 4.61. The standard InChI is InChI=1S/C15H22/c1-5-9-12(3)14(6-2)15-11-8-7-10-13(15)4/h6,8,11H,3,5,7,9-10H2,1-2,4H3/b14-6-. The molecule has 0 bridgehead atoms. The SMILES string of the molecule is C=C(CCC)/C(=C/C)C1=C(C)CCC=C1. The van der Waals surface area contributed by atoms with Crippen LogP contribution in [0.1, 0.15) is 46.5 Å². The molecule has 1 rings (SSSR count). The molecule has 0 heteroatoms. The van der Waals surface area contributed by atoms with Crippen LogP contribution in [0.5, 0.6) is 0 Å².